The maximum Gasteiger partial charge on any atom is 0.255 e. The number of likely N-dealkylation sites (tertiary alicyclic amines) is 1. The SMILES string of the molecule is CCn1ccc2c(CN3CCC3)cc(-c3ccc4c(c3)CN(C(CCC=O)C(=O)NC)C4=O)nc21. The average Bonchev–Trinajstić information content (AvgIpc) is 3.41. The normalized spacial score (nSPS) is 16.3. The van der Waals surface area contributed by atoms with Gasteiger partial charge in [0.05, 0.1) is 5.69 Å². The van der Waals surface area contributed by atoms with E-state index in [1.807, 2.05) is 18.2 Å². The van der Waals surface area contributed by atoms with Gasteiger partial charge < -0.3 is 19.6 Å². The quantitative estimate of drug-likeness (QED) is 0.483. The fourth-order valence-electron chi connectivity index (χ4n) is 5.12. The van der Waals surface area contributed by atoms with Crippen molar-refractivity contribution in [2.24, 2.45) is 0 Å². The molecule has 182 valence electrons. The Balaban J connectivity index is 1.50. The average molecular weight is 474 g/mol. The minimum atomic E-state index is -0.668. The van der Waals surface area contributed by atoms with Gasteiger partial charge in [-0.2, -0.15) is 0 Å². The van der Waals surface area contributed by atoms with Crippen LogP contribution in [-0.4, -0.2) is 63.6 Å². The Labute approximate surface area is 204 Å². The van der Waals surface area contributed by atoms with E-state index < -0.39 is 6.04 Å². The number of benzene rings is 1. The molecule has 0 radical (unpaired) electrons. The highest BCUT2D eigenvalue weighted by Crippen LogP contribution is 2.32. The molecule has 2 aliphatic rings. The van der Waals surface area contributed by atoms with Gasteiger partial charge in [0.25, 0.3) is 5.91 Å². The van der Waals surface area contributed by atoms with Gasteiger partial charge in [-0.05, 0) is 68.2 Å². The summed E-state index contributed by atoms with van der Waals surface area (Å²) in [7, 11) is 1.55. The number of nitrogens with zero attached hydrogens (tertiary/aromatic N) is 4. The molecule has 0 bridgehead atoms. The molecule has 0 aliphatic carbocycles. The Bertz CT molecular complexity index is 1290. The molecule has 1 atom stereocenters. The summed E-state index contributed by atoms with van der Waals surface area (Å²) in [5, 5.41) is 3.82. The van der Waals surface area contributed by atoms with Gasteiger partial charge in [-0.25, -0.2) is 4.98 Å². The first-order chi connectivity index (χ1) is 17.0. The molecule has 2 aromatic heterocycles. The molecule has 8 nitrogen and oxygen atoms in total. The van der Waals surface area contributed by atoms with Crippen LogP contribution in [0.1, 0.15) is 47.7 Å². The van der Waals surface area contributed by atoms with Gasteiger partial charge in [-0.1, -0.05) is 6.07 Å². The maximum atomic E-state index is 13.1. The standard InChI is InChI=1S/C27H31N5O3/c1-3-31-12-9-21-20(16-30-10-5-11-30)15-23(29-25(21)31)18-7-8-22-19(14-18)17-32(27(22)35)24(6-4-13-33)26(34)28-2/h7-9,12-15,24H,3-6,10-11,16-17H2,1-2H3,(H,28,34). The topological polar surface area (TPSA) is 87.5 Å². The van der Waals surface area contributed by atoms with Crippen LogP contribution in [0.3, 0.4) is 0 Å². The number of rotatable bonds is 9. The number of hydrogen-bond donors (Lipinski definition) is 1. The Morgan fingerprint density at radius 3 is 2.74 bits per heavy atom. The molecule has 35 heavy (non-hydrogen) atoms. The highest BCUT2D eigenvalue weighted by Gasteiger charge is 2.36. The number of nitrogens with one attached hydrogen (secondary N) is 1. The molecule has 1 N–H and O–H groups in total. The zero-order valence-electron chi connectivity index (χ0n) is 20.3. The van der Waals surface area contributed by atoms with Crippen molar-refractivity contribution in [2.45, 2.75) is 51.9 Å². The van der Waals surface area contributed by atoms with Crippen LogP contribution in [0.5, 0.6) is 0 Å². The van der Waals surface area contributed by atoms with E-state index >= 15 is 0 Å². The van der Waals surface area contributed by atoms with Crippen LogP contribution in [-0.2, 0) is 29.2 Å². The molecule has 2 amide bonds. The van der Waals surface area contributed by atoms with Gasteiger partial charge >= 0.3 is 0 Å². The molecule has 0 saturated carbocycles. The van der Waals surface area contributed by atoms with Crippen molar-refractivity contribution in [3.63, 3.8) is 0 Å². The highest BCUT2D eigenvalue weighted by molar-refractivity contribution is 6.01. The molecule has 3 aromatic rings. The molecule has 1 fully saturated rings. The number of aryl methyl sites for hydroxylation is 1. The van der Waals surface area contributed by atoms with Gasteiger partial charge in [0.2, 0.25) is 5.91 Å². The molecular weight excluding hydrogens is 442 g/mol. The third kappa shape index (κ3) is 4.23. The summed E-state index contributed by atoms with van der Waals surface area (Å²) in [6.07, 6.45) is 4.66. The smallest absolute Gasteiger partial charge is 0.255 e. The summed E-state index contributed by atoms with van der Waals surface area (Å²) < 4.78 is 2.16. The molecule has 1 unspecified atom stereocenters. The first-order valence-electron chi connectivity index (χ1n) is 12.3. The number of pyridine rings is 1. The molecule has 2 aliphatic heterocycles. The first kappa shape index (κ1) is 23.2. The summed E-state index contributed by atoms with van der Waals surface area (Å²) >= 11 is 0. The van der Waals surface area contributed by atoms with Crippen molar-refractivity contribution >= 4 is 29.1 Å². The predicted molar refractivity (Wildman–Crippen MR) is 134 cm³/mol. The van der Waals surface area contributed by atoms with Gasteiger partial charge in [-0.3, -0.25) is 14.5 Å². The van der Waals surface area contributed by atoms with Crippen LogP contribution in [0.25, 0.3) is 22.3 Å². The minimum Gasteiger partial charge on any atom is -0.357 e. The molecule has 1 aromatic carbocycles. The first-order valence-corrected chi connectivity index (χ1v) is 12.3. The van der Waals surface area contributed by atoms with Crippen LogP contribution >= 0.6 is 0 Å². The zero-order valence-corrected chi connectivity index (χ0v) is 20.3. The Morgan fingerprint density at radius 2 is 2.06 bits per heavy atom. The lowest BCUT2D eigenvalue weighted by Crippen LogP contribution is -2.46. The Hall–Kier alpha value is -3.52. The largest absolute Gasteiger partial charge is 0.357 e. The fourth-order valence-corrected chi connectivity index (χ4v) is 5.12. The van der Waals surface area contributed by atoms with Crippen molar-refractivity contribution in [1.29, 1.82) is 0 Å². The number of aldehydes is 1. The van der Waals surface area contributed by atoms with Crippen molar-refractivity contribution < 1.29 is 14.4 Å². The van der Waals surface area contributed by atoms with Crippen LogP contribution in [0.2, 0.25) is 0 Å². The number of hydrogen-bond acceptors (Lipinski definition) is 5. The number of carbonyl (C=O) groups is 3. The van der Waals surface area contributed by atoms with Gasteiger partial charge in [-0.15, -0.1) is 0 Å². The number of carbonyl (C=O) groups excluding carboxylic acids is 3. The highest BCUT2D eigenvalue weighted by atomic mass is 16.2. The Kier molecular flexibility index (Phi) is 6.38. The second kappa shape index (κ2) is 9.62. The number of amides is 2. The van der Waals surface area contributed by atoms with E-state index in [1.54, 1.807) is 11.9 Å². The summed E-state index contributed by atoms with van der Waals surface area (Å²) in [5.74, 6) is -0.427. The second-order valence-corrected chi connectivity index (χ2v) is 9.31. The lowest BCUT2D eigenvalue weighted by atomic mass is 10.0. The van der Waals surface area contributed by atoms with E-state index in [9.17, 15) is 14.4 Å². The van der Waals surface area contributed by atoms with Gasteiger partial charge in [0.1, 0.15) is 18.0 Å². The number of likely N-dealkylation sites (N-methyl/N-ethyl adjacent to an activating group) is 1. The molecule has 5 rings (SSSR count). The van der Waals surface area contributed by atoms with E-state index in [1.165, 1.54) is 17.4 Å². The summed E-state index contributed by atoms with van der Waals surface area (Å²) in [5.41, 5.74) is 5.57. The molecule has 1 saturated heterocycles. The maximum absolute atomic E-state index is 13.1. The zero-order chi connectivity index (χ0) is 24.5. The van der Waals surface area contributed by atoms with E-state index in [2.05, 4.69) is 40.0 Å². The molecular formula is C27H31N5O3. The predicted octanol–water partition coefficient (Wildman–Crippen LogP) is 2.98. The molecule has 4 heterocycles. The Morgan fingerprint density at radius 1 is 1.23 bits per heavy atom. The number of aromatic nitrogens is 2. The van der Waals surface area contributed by atoms with E-state index in [4.69, 9.17) is 4.98 Å². The van der Waals surface area contributed by atoms with Gasteiger partial charge in [0, 0.05) is 55.8 Å². The second-order valence-electron chi connectivity index (χ2n) is 9.31. The van der Waals surface area contributed by atoms with Crippen molar-refractivity contribution in [3.8, 4) is 11.3 Å². The third-order valence-electron chi connectivity index (χ3n) is 7.22. The summed E-state index contributed by atoms with van der Waals surface area (Å²) in [6, 6.07) is 9.47. The van der Waals surface area contributed by atoms with Crippen molar-refractivity contribution in [2.75, 3.05) is 20.1 Å². The van der Waals surface area contributed by atoms with E-state index in [-0.39, 0.29) is 18.2 Å². The summed E-state index contributed by atoms with van der Waals surface area (Å²) in [4.78, 5) is 45.6. The minimum absolute atomic E-state index is 0.173. The van der Waals surface area contributed by atoms with Crippen LogP contribution < -0.4 is 5.32 Å². The lowest BCUT2D eigenvalue weighted by molar-refractivity contribution is -0.125. The number of fused-ring (bicyclic) bond motifs is 2. The monoisotopic (exact) mass is 473 g/mol. The van der Waals surface area contributed by atoms with Crippen molar-refractivity contribution in [1.82, 2.24) is 24.7 Å². The van der Waals surface area contributed by atoms with Gasteiger partial charge in [0.15, 0.2) is 0 Å². The molecule has 8 heteroatoms. The molecule has 0 spiro atoms. The van der Waals surface area contributed by atoms with Crippen LogP contribution in [0, 0.1) is 0 Å². The lowest BCUT2D eigenvalue weighted by Gasteiger charge is -2.31. The summed E-state index contributed by atoms with van der Waals surface area (Å²) in [6.45, 7) is 6.46. The third-order valence-corrected chi connectivity index (χ3v) is 7.22. The van der Waals surface area contributed by atoms with E-state index in [0.717, 1.165) is 54.9 Å². The van der Waals surface area contributed by atoms with Crippen LogP contribution in [0.4, 0.5) is 0 Å². The van der Waals surface area contributed by atoms with E-state index in [0.29, 0.717) is 18.5 Å². The van der Waals surface area contributed by atoms with Crippen LogP contribution in [0.15, 0.2) is 36.5 Å². The van der Waals surface area contributed by atoms with Crippen molar-refractivity contribution in [3.05, 3.63) is 53.2 Å². The fraction of sp³-hybridized carbons (Fsp3) is 0.407.